The summed E-state index contributed by atoms with van der Waals surface area (Å²) in [6.07, 6.45) is 1.05. The van der Waals surface area contributed by atoms with Crippen LogP contribution < -0.4 is 10.1 Å². The third-order valence-electron chi connectivity index (χ3n) is 3.51. The molecule has 2 aromatic rings. The summed E-state index contributed by atoms with van der Waals surface area (Å²) in [4.78, 5) is 4.45. The lowest BCUT2D eigenvalue weighted by Gasteiger charge is -2.04. The molecular formula is C14H17N3O3. The van der Waals surface area contributed by atoms with Gasteiger partial charge in [0.15, 0.2) is 0 Å². The molecule has 0 amide bonds. The Bertz CT molecular complexity index is 567. The molecule has 2 atom stereocenters. The minimum absolute atomic E-state index is 0.0689. The molecule has 1 aliphatic heterocycles. The number of hydrogen-bond acceptors (Lipinski definition) is 6. The number of benzene rings is 1. The number of rotatable bonds is 4. The van der Waals surface area contributed by atoms with Crippen molar-refractivity contribution in [1.29, 1.82) is 0 Å². The summed E-state index contributed by atoms with van der Waals surface area (Å²) >= 11 is 0. The Morgan fingerprint density at radius 3 is 2.70 bits per heavy atom. The van der Waals surface area contributed by atoms with Crippen molar-refractivity contribution in [3.8, 4) is 17.1 Å². The Balaban J connectivity index is 1.76. The molecule has 0 aliphatic carbocycles. The van der Waals surface area contributed by atoms with E-state index in [9.17, 15) is 0 Å². The van der Waals surface area contributed by atoms with Gasteiger partial charge in [-0.2, -0.15) is 4.98 Å². The van der Waals surface area contributed by atoms with Gasteiger partial charge < -0.3 is 19.3 Å². The van der Waals surface area contributed by atoms with Crippen LogP contribution in [0.3, 0.4) is 0 Å². The predicted molar refractivity (Wildman–Crippen MR) is 72.4 cm³/mol. The maximum Gasteiger partial charge on any atom is 0.244 e. The maximum atomic E-state index is 5.34. The molecule has 2 heterocycles. The average molecular weight is 275 g/mol. The normalized spacial score (nSPS) is 22.1. The molecule has 106 valence electrons. The van der Waals surface area contributed by atoms with E-state index >= 15 is 0 Å². The molecule has 0 spiro atoms. The van der Waals surface area contributed by atoms with Crippen molar-refractivity contribution < 1.29 is 14.0 Å². The van der Waals surface area contributed by atoms with Gasteiger partial charge >= 0.3 is 0 Å². The van der Waals surface area contributed by atoms with Crippen LogP contribution in [-0.2, 0) is 4.74 Å². The van der Waals surface area contributed by atoms with Crippen molar-refractivity contribution in [2.45, 2.75) is 18.6 Å². The Kier molecular flexibility index (Phi) is 3.66. The third kappa shape index (κ3) is 2.52. The van der Waals surface area contributed by atoms with Crippen LogP contribution in [0.2, 0.25) is 0 Å². The number of ether oxygens (including phenoxy) is 2. The molecule has 6 nitrogen and oxygen atoms in total. The van der Waals surface area contributed by atoms with E-state index in [0.717, 1.165) is 24.3 Å². The summed E-state index contributed by atoms with van der Waals surface area (Å²) in [6, 6.07) is 7.64. The molecule has 1 N–H and O–H groups in total. The first-order valence-electron chi connectivity index (χ1n) is 6.54. The van der Waals surface area contributed by atoms with Crippen molar-refractivity contribution in [2.24, 2.45) is 0 Å². The highest BCUT2D eigenvalue weighted by molar-refractivity contribution is 5.55. The van der Waals surface area contributed by atoms with Crippen molar-refractivity contribution in [3.05, 3.63) is 30.2 Å². The Morgan fingerprint density at radius 2 is 2.05 bits per heavy atom. The van der Waals surface area contributed by atoms with Crippen molar-refractivity contribution >= 4 is 0 Å². The van der Waals surface area contributed by atoms with E-state index in [1.165, 1.54) is 0 Å². The predicted octanol–water partition coefficient (Wildman–Crippen LogP) is 1.79. The van der Waals surface area contributed by atoms with Crippen LogP contribution in [0.15, 0.2) is 28.8 Å². The highest BCUT2D eigenvalue weighted by Gasteiger charge is 2.29. The number of hydrogen-bond donors (Lipinski definition) is 1. The van der Waals surface area contributed by atoms with E-state index in [0.29, 0.717) is 11.7 Å². The zero-order valence-electron chi connectivity index (χ0n) is 11.5. The van der Waals surface area contributed by atoms with E-state index in [1.54, 1.807) is 14.2 Å². The van der Waals surface area contributed by atoms with Crippen LogP contribution >= 0.6 is 0 Å². The molecule has 3 rings (SSSR count). The fourth-order valence-corrected chi connectivity index (χ4v) is 2.31. The highest BCUT2D eigenvalue weighted by Crippen LogP contribution is 2.26. The van der Waals surface area contributed by atoms with Crippen molar-refractivity contribution in [3.63, 3.8) is 0 Å². The van der Waals surface area contributed by atoms with Crippen LogP contribution in [0.5, 0.6) is 5.75 Å². The zero-order valence-corrected chi connectivity index (χ0v) is 11.5. The summed E-state index contributed by atoms with van der Waals surface area (Å²) in [6.45, 7) is 0.807. The quantitative estimate of drug-likeness (QED) is 0.917. The fourth-order valence-electron chi connectivity index (χ4n) is 2.31. The number of nitrogens with one attached hydrogen (secondary N) is 1. The minimum Gasteiger partial charge on any atom is -0.497 e. The number of aromatic nitrogens is 2. The molecule has 0 radical (unpaired) electrons. The molecular weight excluding hydrogens is 258 g/mol. The van der Waals surface area contributed by atoms with Gasteiger partial charge in [0.1, 0.15) is 5.75 Å². The fraction of sp³-hybridized carbons (Fsp3) is 0.429. The first-order valence-corrected chi connectivity index (χ1v) is 6.54. The lowest BCUT2D eigenvalue weighted by molar-refractivity contribution is 0.116. The van der Waals surface area contributed by atoms with Crippen LogP contribution in [0.25, 0.3) is 11.4 Å². The molecule has 1 aliphatic rings. The van der Waals surface area contributed by atoms with Gasteiger partial charge in [0.2, 0.25) is 11.7 Å². The average Bonchev–Trinajstić information content (AvgIpc) is 3.16. The molecule has 1 aromatic carbocycles. The second kappa shape index (κ2) is 5.60. The van der Waals surface area contributed by atoms with Gasteiger partial charge in [0.25, 0.3) is 0 Å². The molecule has 0 saturated carbocycles. The number of nitrogens with zero attached hydrogens (tertiary/aromatic N) is 2. The molecule has 0 bridgehead atoms. The van der Waals surface area contributed by atoms with E-state index in [1.807, 2.05) is 24.3 Å². The van der Waals surface area contributed by atoms with E-state index in [4.69, 9.17) is 14.0 Å². The topological polar surface area (TPSA) is 69.4 Å². The van der Waals surface area contributed by atoms with Crippen LogP contribution in [0.1, 0.15) is 18.4 Å². The zero-order chi connectivity index (χ0) is 13.9. The van der Waals surface area contributed by atoms with Gasteiger partial charge in [-0.25, -0.2) is 0 Å². The van der Waals surface area contributed by atoms with E-state index in [-0.39, 0.29) is 12.1 Å². The lowest BCUT2D eigenvalue weighted by Crippen LogP contribution is -2.16. The van der Waals surface area contributed by atoms with Gasteiger partial charge in [-0.1, -0.05) is 5.16 Å². The SMILES string of the molecule is COc1ccc(-c2noc([C@H]3C[C@H](OC)CN3)n2)cc1. The summed E-state index contributed by atoms with van der Waals surface area (Å²) in [5, 5.41) is 7.35. The minimum atomic E-state index is 0.0689. The third-order valence-corrected chi connectivity index (χ3v) is 3.51. The van der Waals surface area contributed by atoms with E-state index in [2.05, 4.69) is 15.5 Å². The van der Waals surface area contributed by atoms with Gasteiger partial charge in [-0.15, -0.1) is 0 Å². The number of methoxy groups -OCH3 is 2. The Morgan fingerprint density at radius 1 is 1.25 bits per heavy atom. The van der Waals surface area contributed by atoms with Gasteiger partial charge in [0.05, 0.1) is 19.3 Å². The van der Waals surface area contributed by atoms with Crippen LogP contribution in [0.4, 0.5) is 0 Å². The maximum absolute atomic E-state index is 5.34. The molecule has 1 saturated heterocycles. The second-order valence-electron chi connectivity index (χ2n) is 4.74. The van der Waals surface area contributed by atoms with Gasteiger partial charge in [0, 0.05) is 19.2 Å². The summed E-state index contributed by atoms with van der Waals surface area (Å²) in [7, 11) is 3.35. The standard InChI is InChI=1S/C14H17N3O3/c1-18-10-5-3-9(4-6-10)13-16-14(20-17-13)12-7-11(19-2)8-15-12/h3-6,11-12,15H,7-8H2,1-2H3/t11-,12+/m0/s1. The van der Waals surface area contributed by atoms with Crippen molar-refractivity contribution in [1.82, 2.24) is 15.5 Å². The smallest absolute Gasteiger partial charge is 0.244 e. The molecule has 1 aromatic heterocycles. The first kappa shape index (κ1) is 13.1. The molecule has 6 heteroatoms. The summed E-state index contributed by atoms with van der Waals surface area (Å²) in [5.41, 5.74) is 0.905. The van der Waals surface area contributed by atoms with Gasteiger partial charge in [-0.05, 0) is 30.7 Å². The van der Waals surface area contributed by atoms with Crippen LogP contribution in [-0.4, -0.2) is 37.0 Å². The molecule has 1 fully saturated rings. The lowest BCUT2D eigenvalue weighted by atomic mass is 10.2. The first-order chi connectivity index (χ1) is 9.80. The second-order valence-corrected chi connectivity index (χ2v) is 4.74. The monoisotopic (exact) mass is 275 g/mol. The highest BCUT2D eigenvalue weighted by atomic mass is 16.5. The Hall–Kier alpha value is -1.92. The van der Waals surface area contributed by atoms with E-state index < -0.39 is 0 Å². The Labute approximate surface area is 117 Å². The summed E-state index contributed by atoms with van der Waals surface area (Å²) < 4.78 is 15.8. The van der Waals surface area contributed by atoms with Gasteiger partial charge in [-0.3, -0.25) is 0 Å². The van der Waals surface area contributed by atoms with Crippen LogP contribution in [0, 0.1) is 0 Å². The largest absolute Gasteiger partial charge is 0.497 e. The molecule has 0 unspecified atom stereocenters. The molecule has 20 heavy (non-hydrogen) atoms. The van der Waals surface area contributed by atoms with Crippen molar-refractivity contribution in [2.75, 3.05) is 20.8 Å². The summed E-state index contributed by atoms with van der Waals surface area (Å²) in [5.74, 6) is 2.00.